The Labute approximate surface area is 104 Å². The molecule has 1 N–H and O–H groups in total. The van der Waals surface area contributed by atoms with E-state index in [1.165, 1.54) is 24.9 Å². The number of pyridine rings is 1. The van der Waals surface area contributed by atoms with Gasteiger partial charge in [-0.25, -0.2) is 0 Å². The lowest BCUT2D eigenvalue weighted by Crippen LogP contribution is -2.46. The van der Waals surface area contributed by atoms with Crippen molar-refractivity contribution in [2.75, 3.05) is 20.1 Å². The largest absolute Gasteiger partial charge is 0.314 e. The Morgan fingerprint density at radius 1 is 1.41 bits per heavy atom. The maximum absolute atomic E-state index is 4.04. The zero-order valence-corrected chi connectivity index (χ0v) is 10.9. The average Bonchev–Trinajstić information content (AvgIpc) is 2.35. The standard InChI is InChI=1S/C14H23N3/c1-12-11-14(6-10-17(12)2)16-9-5-13-3-7-15-8-4-13/h3-4,7-8,12,14,16H,5-6,9-11H2,1-2H3. The molecule has 2 rings (SSSR count). The summed E-state index contributed by atoms with van der Waals surface area (Å²) in [7, 11) is 2.22. The van der Waals surface area contributed by atoms with Gasteiger partial charge in [-0.05, 0) is 64.0 Å². The topological polar surface area (TPSA) is 28.2 Å². The number of nitrogens with one attached hydrogen (secondary N) is 1. The molecule has 1 saturated heterocycles. The lowest BCUT2D eigenvalue weighted by Gasteiger charge is -2.35. The van der Waals surface area contributed by atoms with E-state index in [1.54, 1.807) is 0 Å². The van der Waals surface area contributed by atoms with Gasteiger partial charge in [0.15, 0.2) is 0 Å². The van der Waals surface area contributed by atoms with Crippen LogP contribution in [0.1, 0.15) is 25.3 Å². The Morgan fingerprint density at radius 2 is 2.18 bits per heavy atom. The van der Waals surface area contributed by atoms with E-state index in [2.05, 4.69) is 41.3 Å². The molecule has 3 heteroatoms. The molecule has 2 heterocycles. The van der Waals surface area contributed by atoms with Crippen molar-refractivity contribution < 1.29 is 0 Å². The summed E-state index contributed by atoms with van der Waals surface area (Å²) >= 11 is 0. The number of hydrogen-bond acceptors (Lipinski definition) is 3. The first-order valence-electron chi connectivity index (χ1n) is 6.58. The number of nitrogens with zero attached hydrogens (tertiary/aromatic N) is 2. The van der Waals surface area contributed by atoms with Crippen LogP contribution in [0.25, 0.3) is 0 Å². The highest BCUT2D eigenvalue weighted by atomic mass is 15.1. The van der Waals surface area contributed by atoms with Crippen molar-refractivity contribution in [2.24, 2.45) is 0 Å². The molecular weight excluding hydrogens is 210 g/mol. The number of hydrogen-bond donors (Lipinski definition) is 1. The van der Waals surface area contributed by atoms with Crippen molar-refractivity contribution in [3.05, 3.63) is 30.1 Å². The van der Waals surface area contributed by atoms with Crippen LogP contribution in [-0.4, -0.2) is 42.1 Å². The fourth-order valence-corrected chi connectivity index (χ4v) is 2.44. The summed E-state index contributed by atoms with van der Waals surface area (Å²) in [4.78, 5) is 6.48. The first-order valence-corrected chi connectivity index (χ1v) is 6.58. The average molecular weight is 233 g/mol. The van der Waals surface area contributed by atoms with Crippen molar-refractivity contribution >= 4 is 0 Å². The van der Waals surface area contributed by atoms with Gasteiger partial charge in [-0.3, -0.25) is 4.98 Å². The third-order valence-corrected chi connectivity index (χ3v) is 3.80. The molecule has 2 unspecified atom stereocenters. The summed E-state index contributed by atoms with van der Waals surface area (Å²) in [5.74, 6) is 0. The maximum Gasteiger partial charge on any atom is 0.0270 e. The quantitative estimate of drug-likeness (QED) is 0.858. The van der Waals surface area contributed by atoms with Gasteiger partial charge in [-0.2, -0.15) is 0 Å². The van der Waals surface area contributed by atoms with E-state index in [1.807, 2.05) is 12.4 Å². The molecule has 3 nitrogen and oxygen atoms in total. The van der Waals surface area contributed by atoms with Gasteiger partial charge in [-0.15, -0.1) is 0 Å². The minimum Gasteiger partial charge on any atom is -0.314 e. The molecule has 17 heavy (non-hydrogen) atoms. The first kappa shape index (κ1) is 12.5. The van der Waals surface area contributed by atoms with Crippen molar-refractivity contribution in [2.45, 2.75) is 38.3 Å². The Morgan fingerprint density at radius 3 is 2.88 bits per heavy atom. The van der Waals surface area contributed by atoms with Crippen LogP contribution in [-0.2, 0) is 6.42 Å². The number of aromatic nitrogens is 1. The number of piperidine rings is 1. The zero-order chi connectivity index (χ0) is 12.1. The molecule has 1 aromatic rings. The molecule has 0 spiro atoms. The van der Waals surface area contributed by atoms with Gasteiger partial charge >= 0.3 is 0 Å². The minimum atomic E-state index is 0.697. The Bertz CT molecular complexity index is 325. The van der Waals surface area contributed by atoms with Crippen LogP contribution in [0.2, 0.25) is 0 Å². The highest BCUT2D eigenvalue weighted by Gasteiger charge is 2.21. The molecule has 94 valence electrons. The molecule has 0 aromatic carbocycles. The van der Waals surface area contributed by atoms with Crippen LogP contribution in [0.15, 0.2) is 24.5 Å². The third-order valence-electron chi connectivity index (χ3n) is 3.80. The van der Waals surface area contributed by atoms with Crippen LogP contribution in [0, 0.1) is 0 Å². The first-order chi connectivity index (χ1) is 8.25. The Hall–Kier alpha value is -0.930. The van der Waals surface area contributed by atoms with Crippen molar-refractivity contribution in [1.29, 1.82) is 0 Å². The maximum atomic E-state index is 4.04. The minimum absolute atomic E-state index is 0.697. The molecule has 2 atom stereocenters. The fourth-order valence-electron chi connectivity index (χ4n) is 2.44. The summed E-state index contributed by atoms with van der Waals surface area (Å²) in [5, 5.41) is 3.67. The van der Waals surface area contributed by atoms with Gasteiger partial charge in [0.2, 0.25) is 0 Å². The van der Waals surface area contributed by atoms with Crippen LogP contribution in [0.3, 0.4) is 0 Å². The molecule has 1 aromatic heterocycles. The van der Waals surface area contributed by atoms with Crippen molar-refractivity contribution in [3.63, 3.8) is 0 Å². The van der Waals surface area contributed by atoms with E-state index in [-0.39, 0.29) is 0 Å². The van der Waals surface area contributed by atoms with E-state index < -0.39 is 0 Å². The molecule has 0 amide bonds. The normalized spacial score (nSPS) is 26.0. The van der Waals surface area contributed by atoms with Crippen molar-refractivity contribution in [3.8, 4) is 0 Å². The van der Waals surface area contributed by atoms with E-state index in [0.717, 1.165) is 13.0 Å². The molecule has 0 radical (unpaired) electrons. The third kappa shape index (κ3) is 3.79. The van der Waals surface area contributed by atoms with Gasteiger partial charge in [0, 0.05) is 24.5 Å². The van der Waals surface area contributed by atoms with Crippen LogP contribution in [0.4, 0.5) is 0 Å². The molecular formula is C14H23N3. The van der Waals surface area contributed by atoms with Gasteiger partial charge in [0.05, 0.1) is 0 Å². The van der Waals surface area contributed by atoms with Gasteiger partial charge in [-0.1, -0.05) is 0 Å². The highest BCUT2D eigenvalue weighted by molar-refractivity contribution is 5.09. The highest BCUT2D eigenvalue weighted by Crippen LogP contribution is 2.15. The van der Waals surface area contributed by atoms with E-state index in [9.17, 15) is 0 Å². The SMILES string of the molecule is CC1CC(NCCc2ccncc2)CCN1C. The summed E-state index contributed by atoms with van der Waals surface area (Å²) < 4.78 is 0. The lowest BCUT2D eigenvalue weighted by molar-refractivity contribution is 0.169. The smallest absolute Gasteiger partial charge is 0.0270 e. The predicted molar refractivity (Wildman–Crippen MR) is 71.1 cm³/mol. The summed E-state index contributed by atoms with van der Waals surface area (Å²) in [6, 6.07) is 5.60. The number of likely N-dealkylation sites (tertiary alicyclic amines) is 1. The second kappa shape index (κ2) is 6.12. The van der Waals surface area contributed by atoms with Crippen LogP contribution < -0.4 is 5.32 Å². The molecule has 1 fully saturated rings. The Kier molecular flexibility index (Phi) is 4.51. The van der Waals surface area contributed by atoms with Gasteiger partial charge in [0.1, 0.15) is 0 Å². The predicted octanol–water partition coefficient (Wildman–Crippen LogP) is 1.70. The molecule has 0 bridgehead atoms. The second-order valence-electron chi connectivity index (χ2n) is 5.11. The van der Waals surface area contributed by atoms with Crippen LogP contribution in [0.5, 0.6) is 0 Å². The van der Waals surface area contributed by atoms with Crippen LogP contribution >= 0.6 is 0 Å². The molecule has 0 saturated carbocycles. The molecule has 0 aliphatic carbocycles. The van der Waals surface area contributed by atoms with E-state index in [4.69, 9.17) is 0 Å². The Balaban J connectivity index is 1.69. The molecule has 1 aliphatic heterocycles. The van der Waals surface area contributed by atoms with E-state index >= 15 is 0 Å². The monoisotopic (exact) mass is 233 g/mol. The van der Waals surface area contributed by atoms with E-state index in [0.29, 0.717) is 12.1 Å². The van der Waals surface area contributed by atoms with Gasteiger partial charge < -0.3 is 10.2 Å². The van der Waals surface area contributed by atoms with Crippen molar-refractivity contribution in [1.82, 2.24) is 15.2 Å². The van der Waals surface area contributed by atoms with Gasteiger partial charge in [0.25, 0.3) is 0 Å². The summed E-state index contributed by atoms with van der Waals surface area (Å²) in [6.45, 7) is 4.61. The summed E-state index contributed by atoms with van der Waals surface area (Å²) in [5.41, 5.74) is 1.37. The summed E-state index contributed by atoms with van der Waals surface area (Å²) in [6.07, 6.45) is 7.38. The lowest BCUT2D eigenvalue weighted by atomic mass is 9.99. The molecule has 1 aliphatic rings. The number of rotatable bonds is 4. The second-order valence-corrected chi connectivity index (χ2v) is 5.11. The fraction of sp³-hybridized carbons (Fsp3) is 0.643. The zero-order valence-electron chi connectivity index (χ0n) is 10.9.